The first kappa shape index (κ1) is 30.7. The molecule has 0 bridgehead atoms. The predicted molar refractivity (Wildman–Crippen MR) is 169 cm³/mol. The summed E-state index contributed by atoms with van der Waals surface area (Å²) in [6.45, 7) is 17.5. The number of aryl methyl sites for hydroxylation is 2. The van der Waals surface area contributed by atoms with Crippen LogP contribution in [0.1, 0.15) is 81.6 Å². The van der Waals surface area contributed by atoms with E-state index in [1.54, 1.807) is 7.11 Å². The fraction of sp³-hybridized carbons (Fsp3) is 0.529. The molecule has 0 aliphatic carbocycles. The molecule has 5 rings (SSSR count). The summed E-state index contributed by atoms with van der Waals surface area (Å²) in [5.74, 6) is 0.395. The molecule has 2 aliphatic heterocycles. The van der Waals surface area contributed by atoms with Gasteiger partial charge in [-0.05, 0) is 76.0 Å². The third-order valence-electron chi connectivity index (χ3n) is 8.64. The Morgan fingerprint density at radius 3 is 2.37 bits per heavy atom. The number of fused-ring (bicyclic) bond motifs is 1. The predicted octanol–water partition coefficient (Wildman–Crippen LogP) is 6.29. The number of methoxy groups -OCH3 is 1. The molecule has 0 spiro atoms. The molecule has 0 amide bonds. The summed E-state index contributed by atoms with van der Waals surface area (Å²) in [5, 5.41) is 10.5. The molecule has 2 aliphatic rings. The van der Waals surface area contributed by atoms with Crippen LogP contribution in [0.3, 0.4) is 0 Å². The second kappa shape index (κ2) is 11.8. The van der Waals surface area contributed by atoms with E-state index in [9.17, 15) is 9.90 Å². The number of hydrogen-bond donors (Lipinski definition) is 1. The maximum atomic E-state index is 12.8. The van der Waals surface area contributed by atoms with Gasteiger partial charge in [-0.2, -0.15) is 0 Å². The van der Waals surface area contributed by atoms with Crippen molar-refractivity contribution in [1.82, 2.24) is 15.0 Å². The fourth-order valence-electron chi connectivity index (χ4n) is 6.27. The minimum absolute atomic E-state index is 0.243. The zero-order valence-electron chi connectivity index (χ0n) is 26.8. The summed E-state index contributed by atoms with van der Waals surface area (Å²) in [4.78, 5) is 31.0. The number of nitrogens with zero attached hydrogens (tertiary/aromatic N) is 5. The second-order valence-electron chi connectivity index (χ2n) is 13.6. The Morgan fingerprint density at radius 2 is 1.72 bits per heavy atom. The van der Waals surface area contributed by atoms with Crippen LogP contribution in [0.25, 0.3) is 11.1 Å². The van der Waals surface area contributed by atoms with E-state index in [0.29, 0.717) is 17.1 Å². The Labute approximate surface area is 255 Å². The number of carboxylic acids is 1. The zero-order valence-corrected chi connectivity index (χ0v) is 26.8. The number of hydrogen-bond acceptors (Lipinski definition) is 8. The lowest BCUT2D eigenvalue weighted by Crippen LogP contribution is -2.39. The lowest BCUT2D eigenvalue weighted by Gasteiger charge is -2.41. The zero-order chi connectivity index (χ0) is 31.1. The van der Waals surface area contributed by atoms with Crippen molar-refractivity contribution in [1.29, 1.82) is 0 Å². The van der Waals surface area contributed by atoms with Gasteiger partial charge in [-0.25, -0.2) is 14.8 Å². The van der Waals surface area contributed by atoms with E-state index in [1.807, 2.05) is 40.7 Å². The van der Waals surface area contributed by atoms with Gasteiger partial charge >= 0.3 is 5.97 Å². The molecule has 0 radical (unpaired) electrons. The van der Waals surface area contributed by atoms with Crippen molar-refractivity contribution in [2.75, 3.05) is 36.5 Å². The SMILES string of the molecule is COc1cc(N2CCc3cc(-c4c(C)nc(C)c([C@H](OC(C)(C)C)C(=O)O)c4N4CCC(C)(C)CC4)ccc3C2)ncn1. The smallest absolute Gasteiger partial charge is 0.337 e. The molecule has 1 aromatic carbocycles. The third-order valence-corrected chi connectivity index (χ3v) is 8.64. The molecular weight excluding hydrogens is 542 g/mol. The van der Waals surface area contributed by atoms with E-state index in [0.717, 1.165) is 73.8 Å². The molecule has 9 heteroatoms. The molecule has 9 nitrogen and oxygen atoms in total. The molecule has 230 valence electrons. The molecule has 2 aromatic heterocycles. The van der Waals surface area contributed by atoms with Gasteiger partial charge in [0.2, 0.25) is 5.88 Å². The van der Waals surface area contributed by atoms with Crippen LogP contribution in [0.5, 0.6) is 5.88 Å². The number of aliphatic carboxylic acids is 1. The summed E-state index contributed by atoms with van der Waals surface area (Å²) >= 11 is 0. The maximum Gasteiger partial charge on any atom is 0.337 e. The average molecular weight is 588 g/mol. The molecule has 43 heavy (non-hydrogen) atoms. The van der Waals surface area contributed by atoms with Gasteiger partial charge in [0.05, 0.1) is 18.4 Å². The lowest BCUT2D eigenvalue weighted by atomic mass is 9.81. The number of carbonyl (C=O) groups is 1. The Balaban J connectivity index is 1.60. The summed E-state index contributed by atoms with van der Waals surface area (Å²) in [6, 6.07) is 8.49. The highest BCUT2D eigenvalue weighted by Gasteiger charge is 2.36. The number of aromatic nitrogens is 3. The molecule has 1 fully saturated rings. The quantitative estimate of drug-likeness (QED) is 0.342. The first-order valence-electron chi connectivity index (χ1n) is 15.2. The minimum Gasteiger partial charge on any atom is -0.481 e. The Morgan fingerprint density at radius 1 is 1.00 bits per heavy atom. The van der Waals surface area contributed by atoms with Crippen LogP contribution in [0.4, 0.5) is 11.5 Å². The van der Waals surface area contributed by atoms with Gasteiger partial charge in [-0.3, -0.25) is 4.98 Å². The van der Waals surface area contributed by atoms with Gasteiger partial charge in [0, 0.05) is 54.8 Å². The molecule has 1 atom stereocenters. The average Bonchev–Trinajstić information content (AvgIpc) is 2.95. The molecule has 1 N–H and O–H groups in total. The van der Waals surface area contributed by atoms with E-state index < -0.39 is 17.7 Å². The molecule has 0 saturated carbocycles. The summed E-state index contributed by atoms with van der Waals surface area (Å²) in [5.41, 5.74) is 7.37. The van der Waals surface area contributed by atoms with Crippen molar-refractivity contribution in [3.8, 4) is 17.0 Å². The third kappa shape index (κ3) is 6.61. The highest BCUT2D eigenvalue weighted by molar-refractivity contribution is 5.88. The molecule has 3 aromatic rings. The summed E-state index contributed by atoms with van der Waals surface area (Å²) in [7, 11) is 1.61. The van der Waals surface area contributed by atoms with Crippen molar-refractivity contribution >= 4 is 17.5 Å². The van der Waals surface area contributed by atoms with E-state index in [1.165, 1.54) is 17.5 Å². The number of piperidine rings is 1. The molecular formula is C34H45N5O4. The normalized spacial score (nSPS) is 17.4. The fourth-order valence-corrected chi connectivity index (χ4v) is 6.27. The lowest BCUT2D eigenvalue weighted by molar-refractivity contribution is -0.160. The molecule has 4 heterocycles. The van der Waals surface area contributed by atoms with Crippen molar-refractivity contribution in [2.24, 2.45) is 5.41 Å². The van der Waals surface area contributed by atoms with Gasteiger partial charge < -0.3 is 24.4 Å². The Hall–Kier alpha value is -3.72. The van der Waals surface area contributed by atoms with Crippen LogP contribution in [-0.2, 0) is 22.5 Å². The van der Waals surface area contributed by atoms with Crippen molar-refractivity contribution < 1.29 is 19.4 Å². The van der Waals surface area contributed by atoms with Crippen LogP contribution < -0.4 is 14.5 Å². The maximum absolute atomic E-state index is 12.8. The molecule has 0 unspecified atom stereocenters. The number of pyridine rings is 1. The second-order valence-corrected chi connectivity index (χ2v) is 13.6. The monoisotopic (exact) mass is 587 g/mol. The largest absolute Gasteiger partial charge is 0.481 e. The first-order chi connectivity index (χ1) is 20.3. The van der Waals surface area contributed by atoms with Gasteiger partial charge in [-0.1, -0.05) is 32.0 Å². The van der Waals surface area contributed by atoms with Crippen molar-refractivity contribution in [3.63, 3.8) is 0 Å². The first-order valence-corrected chi connectivity index (χ1v) is 15.2. The van der Waals surface area contributed by atoms with Crippen LogP contribution in [0, 0.1) is 19.3 Å². The van der Waals surface area contributed by atoms with Crippen LogP contribution in [0.2, 0.25) is 0 Å². The van der Waals surface area contributed by atoms with Crippen LogP contribution in [-0.4, -0.2) is 58.4 Å². The number of benzene rings is 1. The highest BCUT2D eigenvalue weighted by atomic mass is 16.5. The van der Waals surface area contributed by atoms with E-state index in [-0.39, 0.29) is 5.41 Å². The van der Waals surface area contributed by atoms with Gasteiger partial charge in [-0.15, -0.1) is 0 Å². The van der Waals surface area contributed by atoms with Gasteiger partial charge in [0.1, 0.15) is 12.1 Å². The Kier molecular flexibility index (Phi) is 8.40. The Bertz CT molecular complexity index is 1500. The van der Waals surface area contributed by atoms with Gasteiger partial charge in [0.25, 0.3) is 0 Å². The van der Waals surface area contributed by atoms with E-state index in [2.05, 4.69) is 51.8 Å². The standard InChI is InChI=1S/C34H45N5O4/c1-21-28(24-9-10-25-19-39(14-11-23(25)17-24)26-18-27(42-8)36-20-35-26)30(38-15-12-34(6,7)13-16-38)29(22(2)37-21)31(32(40)41)43-33(3,4)5/h9-10,17-18,20,31H,11-16,19H2,1-8H3,(H,40,41)/t31-/m0/s1. The van der Waals surface area contributed by atoms with Crippen molar-refractivity contribution in [2.45, 2.75) is 86.0 Å². The summed E-state index contributed by atoms with van der Waals surface area (Å²) in [6.07, 6.45) is 3.32. The van der Waals surface area contributed by atoms with Crippen LogP contribution in [0.15, 0.2) is 30.6 Å². The number of ether oxygens (including phenoxy) is 2. The molecule has 1 saturated heterocycles. The minimum atomic E-state index is -1.13. The van der Waals surface area contributed by atoms with E-state index in [4.69, 9.17) is 14.5 Å². The topological polar surface area (TPSA) is 101 Å². The summed E-state index contributed by atoms with van der Waals surface area (Å²) < 4.78 is 11.5. The van der Waals surface area contributed by atoms with Crippen LogP contribution >= 0.6 is 0 Å². The number of carboxylic acid groups (broad SMARTS) is 1. The highest BCUT2D eigenvalue weighted by Crippen LogP contribution is 2.45. The number of rotatable bonds is 7. The van der Waals surface area contributed by atoms with E-state index >= 15 is 0 Å². The number of anilines is 2. The van der Waals surface area contributed by atoms with Crippen molar-refractivity contribution in [3.05, 3.63) is 58.7 Å². The van der Waals surface area contributed by atoms with Gasteiger partial charge in [0.15, 0.2) is 6.10 Å².